The molecule has 0 heterocycles. The zero-order chi connectivity index (χ0) is 13.8. The number of hydrogen-bond acceptors (Lipinski definition) is 2. The quantitative estimate of drug-likeness (QED) is 0.661. The van der Waals surface area contributed by atoms with Gasteiger partial charge in [0, 0.05) is 22.6 Å². The number of carbonyl (C=O) groups is 1. The van der Waals surface area contributed by atoms with Crippen LogP contribution < -0.4 is 0 Å². The number of phenols is 1. The highest BCUT2D eigenvalue weighted by molar-refractivity contribution is 6.09. The fourth-order valence-electron chi connectivity index (χ4n) is 1.94. The van der Waals surface area contributed by atoms with E-state index in [0.717, 1.165) is 5.56 Å². The summed E-state index contributed by atoms with van der Waals surface area (Å²) in [4.78, 5) is 12.3. The Labute approximate surface area is 113 Å². The van der Waals surface area contributed by atoms with E-state index < -0.39 is 0 Å². The number of ketones is 1. The van der Waals surface area contributed by atoms with Crippen LogP contribution in [0, 0.1) is 0 Å². The van der Waals surface area contributed by atoms with E-state index in [9.17, 15) is 9.90 Å². The molecule has 1 atom stereocenters. The molecule has 2 rings (SSSR count). The van der Waals surface area contributed by atoms with Crippen LogP contribution in [0.3, 0.4) is 0 Å². The number of phenolic OH excluding ortho intramolecular Hbond substituents is 1. The number of carbonyl (C=O) groups excluding carboxylic acids is 1. The van der Waals surface area contributed by atoms with E-state index in [1.807, 2.05) is 25.1 Å². The molecule has 19 heavy (non-hydrogen) atoms. The van der Waals surface area contributed by atoms with Crippen molar-refractivity contribution < 1.29 is 9.90 Å². The van der Waals surface area contributed by atoms with Crippen LogP contribution in [-0.2, 0) is 0 Å². The average molecular weight is 252 g/mol. The minimum Gasteiger partial charge on any atom is -0.508 e. The van der Waals surface area contributed by atoms with Gasteiger partial charge in [-0.25, -0.2) is 0 Å². The highest BCUT2D eigenvalue weighted by atomic mass is 16.3. The first-order chi connectivity index (χ1) is 9.13. The van der Waals surface area contributed by atoms with Gasteiger partial charge in [0.15, 0.2) is 5.78 Å². The highest BCUT2D eigenvalue weighted by Gasteiger charge is 2.13. The van der Waals surface area contributed by atoms with Crippen LogP contribution in [0.2, 0.25) is 0 Å². The second kappa shape index (κ2) is 5.53. The molecule has 0 saturated carbocycles. The zero-order valence-corrected chi connectivity index (χ0v) is 10.8. The van der Waals surface area contributed by atoms with E-state index in [4.69, 9.17) is 0 Å². The number of rotatable bonds is 4. The predicted molar refractivity (Wildman–Crippen MR) is 76.6 cm³/mol. The molecule has 2 aromatic carbocycles. The van der Waals surface area contributed by atoms with Gasteiger partial charge in [-0.15, -0.1) is 6.58 Å². The number of aromatic hydroxyl groups is 1. The minimum absolute atomic E-state index is 0.00326. The molecule has 1 N–H and O–H groups in total. The summed E-state index contributed by atoms with van der Waals surface area (Å²) < 4.78 is 0. The van der Waals surface area contributed by atoms with Crippen LogP contribution in [-0.4, -0.2) is 10.9 Å². The Morgan fingerprint density at radius 2 is 1.84 bits per heavy atom. The zero-order valence-electron chi connectivity index (χ0n) is 10.8. The molecule has 0 radical (unpaired) electrons. The minimum atomic E-state index is -0.0434. The Kier molecular flexibility index (Phi) is 3.81. The normalized spacial score (nSPS) is 11.8. The van der Waals surface area contributed by atoms with Crippen molar-refractivity contribution in [3.05, 3.63) is 77.9 Å². The van der Waals surface area contributed by atoms with Crippen molar-refractivity contribution in [1.82, 2.24) is 0 Å². The van der Waals surface area contributed by atoms with Crippen molar-refractivity contribution in [2.75, 3.05) is 0 Å². The highest BCUT2D eigenvalue weighted by Crippen LogP contribution is 2.28. The molecule has 0 aliphatic carbocycles. The van der Waals surface area contributed by atoms with Gasteiger partial charge >= 0.3 is 0 Å². The topological polar surface area (TPSA) is 37.3 Å². The van der Waals surface area contributed by atoms with E-state index >= 15 is 0 Å². The Bertz CT molecular complexity index is 600. The predicted octanol–water partition coefficient (Wildman–Crippen LogP) is 3.91. The maximum Gasteiger partial charge on any atom is 0.193 e. The van der Waals surface area contributed by atoms with Crippen molar-refractivity contribution in [1.29, 1.82) is 0 Å². The van der Waals surface area contributed by atoms with E-state index in [2.05, 4.69) is 6.58 Å². The SMILES string of the molecule is C=CC(C)c1cc(C(=O)c2ccccc2)ccc1O. The average Bonchev–Trinajstić information content (AvgIpc) is 2.47. The number of benzene rings is 2. The van der Waals surface area contributed by atoms with Crippen LogP contribution in [0.4, 0.5) is 0 Å². The fourth-order valence-corrected chi connectivity index (χ4v) is 1.94. The second-order valence-electron chi connectivity index (χ2n) is 4.49. The first-order valence-corrected chi connectivity index (χ1v) is 6.18. The third kappa shape index (κ3) is 2.74. The van der Waals surface area contributed by atoms with Crippen LogP contribution >= 0.6 is 0 Å². The maximum atomic E-state index is 12.3. The van der Waals surface area contributed by atoms with Gasteiger partial charge in [-0.1, -0.05) is 43.3 Å². The fraction of sp³-hybridized carbons (Fsp3) is 0.118. The Morgan fingerprint density at radius 3 is 2.47 bits per heavy atom. The third-order valence-corrected chi connectivity index (χ3v) is 3.17. The number of allylic oxidation sites excluding steroid dienone is 1. The molecule has 2 aromatic rings. The molecule has 0 amide bonds. The molecular formula is C17H16O2. The van der Waals surface area contributed by atoms with Crippen molar-refractivity contribution in [2.24, 2.45) is 0 Å². The molecule has 1 unspecified atom stereocenters. The van der Waals surface area contributed by atoms with Crippen molar-refractivity contribution >= 4 is 5.78 Å². The van der Waals surface area contributed by atoms with Crippen molar-refractivity contribution in [3.8, 4) is 5.75 Å². The monoisotopic (exact) mass is 252 g/mol. The second-order valence-corrected chi connectivity index (χ2v) is 4.49. The Hall–Kier alpha value is -2.35. The molecule has 2 heteroatoms. The summed E-state index contributed by atoms with van der Waals surface area (Å²) in [6.45, 7) is 5.64. The first-order valence-electron chi connectivity index (χ1n) is 6.18. The summed E-state index contributed by atoms with van der Waals surface area (Å²) in [7, 11) is 0. The summed E-state index contributed by atoms with van der Waals surface area (Å²) in [6, 6.07) is 14.0. The standard InChI is InChI=1S/C17H16O2/c1-3-12(2)15-11-14(9-10-16(15)18)17(19)13-7-5-4-6-8-13/h3-12,18H,1H2,2H3. The molecule has 0 fully saturated rings. The molecule has 2 nitrogen and oxygen atoms in total. The van der Waals surface area contributed by atoms with Crippen LogP contribution in [0.15, 0.2) is 61.2 Å². The molecule has 0 aliphatic rings. The molecule has 0 aromatic heterocycles. The molecule has 0 aliphatic heterocycles. The summed E-state index contributed by atoms with van der Waals surface area (Å²) >= 11 is 0. The lowest BCUT2D eigenvalue weighted by Gasteiger charge is -2.11. The van der Waals surface area contributed by atoms with Gasteiger partial charge in [-0.05, 0) is 18.2 Å². The van der Waals surface area contributed by atoms with E-state index in [1.165, 1.54) is 0 Å². The lowest BCUT2D eigenvalue weighted by molar-refractivity contribution is 0.103. The lowest BCUT2D eigenvalue weighted by Crippen LogP contribution is -2.02. The van der Waals surface area contributed by atoms with Gasteiger partial charge < -0.3 is 5.11 Å². The van der Waals surface area contributed by atoms with Gasteiger partial charge in [0.1, 0.15) is 5.75 Å². The third-order valence-electron chi connectivity index (χ3n) is 3.17. The van der Waals surface area contributed by atoms with Gasteiger partial charge in [0.25, 0.3) is 0 Å². The van der Waals surface area contributed by atoms with E-state index in [-0.39, 0.29) is 17.5 Å². The Morgan fingerprint density at radius 1 is 1.16 bits per heavy atom. The first kappa shape index (κ1) is 13.1. The smallest absolute Gasteiger partial charge is 0.193 e. The van der Waals surface area contributed by atoms with Gasteiger partial charge in [0.2, 0.25) is 0 Å². The molecule has 0 saturated heterocycles. The molecular weight excluding hydrogens is 236 g/mol. The summed E-state index contributed by atoms with van der Waals surface area (Å²) in [5.41, 5.74) is 1.94. The summed E-state index contributed by atoms with van der Waals surface area (Å²) in [5.74, 6) is 0.152. The molecule has 96 valence electrons. The van der Waals surface area contributed by atoms with Gasteiger partial charge in [0.05, 0.1) is 0 Å². The van der Waals surface area contributed by atoms with Gasteiger partial charge in [-0.2, -0.15) is 0 Å². The summed E-state index contributed by atoms with van der Waals surface area (Å²) in [6.07, 6.45) is 1.74. The van der Waals surface area contributed by atoms with Crippen LogP contribution in [0.25, 0.3) is 0 Å². The van der Waals surface area contributed by atoms with Crippen LogP contribution in [0.1, 0.15) is 34.3 Å². The largest absolute Gasteiger partial charge is 0.508 e. The Balaban J connectivity index is 2.41. The number of hydrogen-bond donors (Lipinski definition) is 1. The van der Waals surface area contributed by atoms with Crippen LogP contribution in [0.5, 0.6) is 5.75 Å². The van der Waals surface area contributed by atoms with Crippen molar-refractivity contribution in [3.63, 3.8) is 0 Å². The van der Waals surface area contributed by atoms with Crippen molar-refractivity contribution in [2.45, 2.75) is 12.8 Å². The lowest BCUT2D eigenvalue weighted by atomic mass is 9.95. The molecule has 0 spiro atoms. The van der Waals surface area contributed by atoms with E-state index in [1.54, 1.807) is 36.4 Å². The molecule has 0 bridgehead atoms. The van der Waals surface area contributed by atoms with E-state index in [0.29, 0.717) is 11.1 Å². The summed E-state index contributed by atoms with van der Waals surface area (Å²) in [5, 5.41) is 9.83. The maximum absolute atomic E-state index is 12.3. The van der Waals surface area contributed by atoms with Gasteiger partial charge in [-0.3, -0.25) is 4.79 Å².